The first-order valence-corrected chi connectivity index (χ1v) is 9.10. The predicted molar refractivity (Wildman–Crippen MR) is 100 cm³/mol. The predicted octanol–water partition coefficient (Wildman–Crippen LogP) is -2.22. The van der Waals surface area contributed by atoms with E-state index in [-0.39, 0.29) is 25.2 Å². The first-order chi connectivity index (χ1) is 13.3. The van der Waals surface area contributed by atoms with E-state index in [1.807, 2.05) is 0 Å². The number of carbonyl (C=O) groups excluding carboxylic acids is 3. The summed E-state index contributed by atoms with van der Waals surface area (Å²) in [7, 11) is 0. The molecule has 0 aliphatic rings. The van der Waals surface area contributed by atoms with E-state index in [4.69, 9.17) is 15.9 Å². The molecule has 4 atom stereocenters. The summed E-state index contributed by atoms with van der Waals surface area (Å²) < 4.78 is 0. The molecule has 0 spiro atoms. The fourth-order valence-corrected chi connectivity index (χ4v) is 2.30. The van der Waals surface area contributed by atoms with Gasteiger partial charge in [0, 0.05) is 6.42 Å². The third-order valence-electron chi connectivity index (χ3n) is 3.83. The van der Waals surface area contributed by atoms with Crippen molar-refractivity contribution in [1.82, 2.24) is 16.0 Å². The minimum atomic E-state index is -1.54. The van der Waals surface area contributed by atoms with E-state index < -0.39 is 60.4 Å². The van der Waals surface area contributed by atoms with E-state index in [1.165, 1.54) is 6.92 Å². The first-order valence-electron chi connectivity index (χ1n) is 9.10. The number of rotatable bonds is 13. The Morgan fingerprint density at radius 1 is 0.966 bits per heavy atom. The molecule has 0 aromatic rings. The second kappa shape index (κ2) is 12.7. The van der Waals surface area contributed by atoms with E-state index in [2.05, 4.69) is 16.0 Å². The summed E-state index contributed by atoms with van der Waals surface area (Å²) in [5, 5.41) is 33.9. The van der Waals surface area contributed by atoms with E-state index in [9.17, 15) is 29.1 Å². The van der Waals surface area contributed by atoms with Crippen LogP contribution in [0, 0.1) is 5.92 Å². The number of hydrogen-bond donors (Lipinski definition) is 7. The smallest absolute Gasteiger partial charge is 0.328 e. The zero-order valence-corrected chi connectivity index (χ0v) is 16.7. The van der Waals surface area contributed by atoms with Crippen LogP contribution in [-0.4, -0.2) is 75.8 Å². The van der Waals surface area contributed by atoms with Gasteiger partial charge < -0.3 is 37.0 Å². The number of aliphatic carboxylic acids is 2. The Labute approximate surface area is 168 Å². The normalized spacial score (nSPS) is 15.0. The average molecular weight is 418 g/mol. The van der Waals surface area contributed by atoms with E-state index in [1.54, 1.807) is 13.8 Å². The van der Waals surface area contributed by atoms with Crippen molar-refractivity contribution in [2.75, 3.05) is 6.54 Å². The lowest BCUT2D eigenvalue weighted by Crippen LogP contribution is -2.56. The Kier molecular flexibility index (Phi) is 11.5. The zero-order chi connectivity index (χ0) is 22.7. The van der Waals surface area contributed by atoms with Gasteiger partial charge in [0.05, 0.1) is 18.7 Å². The number of carboxylic acid groups (broad SMARTS) is 2. The van der Waals surface area contributed by atoms with Crippen molar-refractivity contribution in [3.05, 3.63) is 0 Å². The highest BCUT2D eigenvalue weighted by molar-refractivity contribution is 5.92. The first kappa shape index (κ1) is 26.3. The molecule has 0 aromatic carbocycles. The number of nitrogens with one attached hydrogen (secondary N) is 3. The molecule has 12 heteroatoms. The standard InChI is InChI=1S/C17H30N4O8/c1-8(2)6-11(16(27)21-14(9(3)22)17(28)29)20-12(23)7-19-15(26)10(18)4-5-13(24)25/h8-11,14,22H,4-7,18H2,1-3H3,(H,19,26)(H,20,23)(H,21,27)(H,24,25)(H,28,29). The van der Waals surface area contributed by atoms with Crippen LogP contribution >= 0.6 is 0 Å². The highest BCUT2D eigenvalue weighted by atomic mass is 16.4. The Bertz CT molecular complexity index is 608. The Morgan fingerprint density at radius 2 is 1.55 bits per heavy atom. The zero-order valence-electron chi connectivity index (χ0n) is 16.7. The maximum Gasteiger partial charge on any atom is 0.328 e. The lowest BCUT2D eigenvalue weighted by molar-refractivity contribution is -0.145. The summed E-state index contributed by atoms with van der Waals surface area (Å²) in [4.78, 5) is 57.8. The van der Waals surface area contributed by atoms with Crippen molar-refractivity contribution in [3.8, 4) is 0 Å². The van der Waals surface area contributed by atoms with Gasteiger partial charge in [-0.15, -0.1) is 0 Å². The van der Waals surface area contributed by atoms with Gasteiger partial charge in [0.2, 0.25) is 17.7 Å². The maximum absolute atomic E-state index is 12.4. The van der Waals surface area contributed by atoms with Gasteiger partial charge in [-0.3, -0.25) is 19.2 Å². The van der Waals surface area contributed by atoms with Crippen LogP contribution in [0.2, 0.25) is 0 Å². The highest BCUT2D eigenvalue weighted by Gasteiger charge is 2.30. The Hall–Kier alpha value is -2.73. The summed E-state index contributed by atoms with van der Waals surface area (Å²) >= 11 is 0. The minimum absolute atomic E-state index is 0.0279. The molecule has 0 aromatic heterocycles. The van der Waals surface area contributed by atoms with Crippen LogP contribution in [-0.2, 0) is 24.0 Å². The Balaban J connectivity index is 4.82. The van der Waals surface area contributed by atoms with E-state index >= 15 is 0 Å². The van der Waals surface area contributed by atoms with Crippen LogP contribution in [0.3, 0.4) is 0 Å². The summed E-state index contributed by atoms with van der Waals surface area (Å²) in [5.74, 6) is -4.78. The monoisotopic (exact) mass is 418 g/mol. The van der Waals surface area contributed by atoms with Gasteiger partial charge in [0.1, 0.15) is 6.04 Å². The second-order valence-corrected chi connectivity index (χ2v) is 7.07. The quantitative estimate of drug-likeness (QED) is 0.172. The molecule has 12 nitrogen and oxygen atoms in total. The van der Waals surface area contributed by atoms with Gasteiger partial charge in [-0.1, -0.05) is 13.8 Å². The van der Waals surface area contributed by atoms with Crippen LogP contribution in [0.25, 0.3) is 0 Å². The molecule has 0 saturated carbocycles. The van der Waals surface area contributed by atoms with Gasteiger partial charge in [0.15, 0.2) is 6.04 Å². The number of aliphatic hydroxyl groups is 1. The minimum Gasteiger partial charge on any atom is -0.481 e. The van der Waals surface area contributed by atoms with Crippen molar-refractivity contribution in [2.45, 2.75) is 64.3 Å². The molecule has 166 valence electrons. The van der Waals surface area contributed by atoms with E-state index in [0.29, 0.717) is 0 Å². The molecule has 0 heterocycles. The summed E-state index contributed by atoms with van der Waals surface area (Å²) in [6, 6.07) is -3.72. The summed E-state index contributed by atoms with van der Waals surface area (Å²) in [5.41, 5.74) is 5.53. The summed E-state index contributed by atoms with van der Waals surface area (Å²) in [6.45, 7) is 4.29. The average Bonchev–Trinajstić information content (AvgIpc) is 2.60. The number of amides is 3. The Morgan fingerprint density at radius 3 is 2.00 bits per heavy atom. The molecule has 4 unspecified atom stereocenters. The highest BCUT2D eigenvalue weighted by Crippen LogP contribution is 2.06. The fraction of sp³-hybridized carbons (Fsp3) is 0.706. The third-order valence-corrected chi connectivity index (χ3v) is 3.83. The van der Waals surface area contributed by atoms with Crippen LogP contribution in [0.15, 0.2) is 0 Å². The molecule has 0 saturated heterocycles. The number of carbonyl (C=O) groups is 5. The van der Waals surface area contributed by atoms with Crippen LogP contribution < -0.4 is 21.7 Å². The van der Waals surface area contributed by atoms with Crippen molar-refractivity contribution >= 4 is 29.7 Å². The second-order valence-electron chi connectivity index (χ2n) is 7.07. The molecule has 0 fully saturated rings. The van der Waals surface area contributed by atoms with Gasteiger partial charge in [-0.2, -0.15) is 0 Å². The molecule has 0 bridgehead atoms. The van der Waals surface area contributed by atoms with Gasteiger partial charge in [0.25, 0.3) is 0 Å². The molecule has 29 heavy (non-hydrogen) atoms. The lowest BCUT2D eigenvalue weighted by atomic mass is 10.0. The van der Waals surface area contributed by atoms with Gasteiger partial charge in [-0.25, -0.2) is 4.79 Å². The van der Waals surface area contributed by atoms with E-state index in [0.717, 1.165) is 0 Å². The molecule has 3 amide bonds. The SMILES string of the molecule is CC(C)CC(NC(=O)CNC(=O)C(N)CCC(=O)O)C(=O)NC(C(=O)O)C(C)O. The molecule has 0 aliphatic carbocycles. The van der Waals surface area contributed by atoms with Crippen LogP contribution in [0.1, 0.15) is 40.0 Å². The summed E-state index contributed by atoms with van der Waals surface area (Å²) in [6.07, 6.45) is -1.56. The number of carboxylic acids is 2. The lowest BCUT2D eigenvalue weighted by Gasteiger charge is -2.24. The molecule has 8 N–H and O–H groups in total. The number of hydrogen-bond acceptors (Lipinski definition) is 7. The molecule has 0 aliphatic heterocycles. The third kappa shape index (κ3) is 11.0. The van der Waals surface area contributed by atoms with Gasteiger partial charge in [-0.05, 0) is 25.7 Å². The van der Waals surface area contributed by atoms with Crippen molar-refractivity contribution < 1.29 is 39.3 Å². The van der Waals surface area contributed by atoms with Crippen LogP contribution in [0.4, 0.5) is 0 Å². The number of aliphatic hydroxyl groups excluding tert-OH is 1. The number of nitrogens with two attached hydrogens (primary N) is 1. The molecule has 0 radical (unpaired) electrons. The molecular weight excluding hydrogens is 388 g/mol. The molecular formula is C17H30N4O8. The van der Waals surface area contributed by atoms with Gasteiger partial charge >= 0.3 is 11.9 Å². The van der Waals surface area contributed by atoms with Crippen molar-refractivity contribution in [3.63, 3.8) is 0 Å². The largest absolute Gasteiger partial charge is 0.481 e. The van der Waals surface area contributed by atoms with Crippen molar-refractivity contribution in [1.29, 1.82) is 0 Å². The molecule has 0 rings (SSSR count). The maximum atomic E-state index is 12.4. The van der Waals surface area contributed by atoms with Crippen LogP contribution in [0.5, 0.6) is 0 Å². The fourth-order valence-electron chi connectivity index (χ4n) is 2.30. The van der Waals surface area contributed by atoms with Crippen molar-refractivity contribution in [2.24, 2.45) is 11.7 Å². The topological polar surface area (TPSA) is 208 Å².